The van der Waals surface area contributed by atoms with Crippen LogP contribution in [0.3, 0.4) is 0 Å². The van der Waals surface area contributed by atoms with E-state index in [2.05, 4.69) is 12.0 Å². The molecule has 0 aliphatic rings. The van der Waals surface area contributed by atoms with Gasteiger partial charge in [0.15, 0.2) is 5.75 Å². The van der Waals surface area contributed by atoms with Crippen molar-refractivity contribution in [2.45, 2.75) is 26.3 Å². The molecule has 0 spiro atoms. The molecular formula is C9H18ClN3O. The van der Waals surface area contributed by atoms with Crippen molar-refractivity contribution in [1.29, 1.82) is 0 Å². The average Bonchev–Trinajstić information content (AvgIpc) is 2.59. The van der Waals surface area contributed by atoms with Gasteiger partial charge >= 0.3 is 0 Å². The molecule has 2 N–H and O–H groups in total. The summed E-state index contributed by atoms with van der Waals surface area (Å²) in [6.45, 7) is 4.22. The van der Waals surface area contributed by atoms with Gasteiger partial charge < -0.3 is 10.5 Å². The number of unbranched alkanes of at least 4 members (excludes halogenated alkanes) is 1. The summed E-state index contributed by atoms with van der Waals surface area (Å²) in [5.41, 5.74) is 5.31. The van der Waals surface area contributed by atoms with E-state index in [1.807, 2.05) is 10.9 Å². The Morgan fingerprint density at radius 1 is 1.57 bits per heavy atom. The lowest BCUT2D eigenvalue weighted by Gasteiger charge is -1.99. The highest BCUT2D eigenvalue weighted by atomic mass is 35.5. The highest BCUT2D eigenvalue weighted by molar-refractivity contribution is 5.85. The molecule has 82 valence electrons. The molecule has 1 aromatic heterocycles. The summed E-state index contributed by atoms with van der Waals surface area (Å²) in [5.74, 6) is 0.807. The fraction of sp³-hybridized carbons (Fsp3) is 0.667. The topological polar surface area (TPSA) is 53.1 Å². The summed E-state index contributed by atoms with van der Waals surface area (Å²) in [6, 6.07) is 0. The molecule has 1 aromatic rings. The zero-order valence-corrected chi connectivity index (χ0v) is 9.30. The number of aryl methyl sites for hydroxylation is 1. The van der Waals surface area contributed by atoms with E-state index < -0.39 is 0 Å². The zero-order chi connectivity index (χ0) is 9.52. The van der Waals surface area contributed by atoms with E-state index in [0.29, 0.717) is 13.2 Å². The van der Waals surface area contributed by atoms with Crippen LogP contribution >= 0.6 is 12.4 Å². The Balaban J connectivity index is 0.00000169. The summed E-state index contributed by atoms with van der Waals surface area (Å²) >= 11 is 0. The number of rotatable bonds is 6. The average molecular weight is 220 g/mol. The lowest BCUT2D eigenvalue weighted by atomic mass is 10.3. The lowest BCUT2D eigenvalue weighted by Crippen LogP contribution is -2.10. The third kappa shape index (κ3) is 4.48. The molecule has 0 radical (unpaired) electrons. The fourth-order valence-electron chi connectivity index (χ4n) is 1.04. The van der Waals surface area contributed by atoms with Crippen molar-refractivity contribution >= 4 is 12.4 Å². The number of halogens is 1. The van der Waals surface area contributed by atoms with E-state index >= 15 is 0 Å². The summed E-state index contributed by atoms with van der Waals surface area (Å²) in [5, 5.41) is 4.16. The monoisotopic (exact) mass is 219 g/mol. The number of aromatic nitrogens is 2. The van der Waals surface area contributed by atoms with Crippen LogP contribution in [-0.2, 0) is 6.54 Å². The zero-order valence-electron chi connectivity index (χ0n) is 8.48. The van der Waals surface area contributed by atoms with E-state index in [-0.39, 0.29) is 12.4 Å². The lowest BCUT2D eigenvalue weighted by molar-refractivity contribution is 0.327. The Morgan fingerprint density at radius 3 is 3.00 bits per heavy atom. The first-order valence-electron chi connectivity index (χ1n) is 4.72. The standard InChI is InChI=1S/C9H17N3O.ClH/c1-2-3-5-12-8-9(7-11-12)13-6-4-10;/h7-8H,2-6,10H2,1H3;1H. The second-order valence-corrected chi connectivity index (χ2v) is 2.93. The molecule has 0 fully saturated rings. The normalized spacial score (nSPS) is 9.57. The van der Waals surface area contributed by atoms with Crippen molar-refractivity contribution in [3.63, 3.8) is 0 Å². The van der Waals surface area contributed by atoms with Gasteiger partial charge in [-0.1, -0.05) is 13.3 Å². The molecule has 4 nitrogen and oxygen atoms in total. The smallest absolute Gasteiger partial charge is 0.157 e. The maximum Gasteiger partial charge on any atom is 0.157 e. The predicted octanol–water partition coefficient (Wildman–Crippen LogP) is 1.44. The van der Waals surface area contributed by atoms with Gasteiger partial charge in [-0.15, -0.1) is 12.4 Å². The van der Waals surface area contributed by atoms with Gasteiger partial charge in [0.2, 0.25) is 0 Å². The third-order valence-corrected chi connectivity index (χ3v) is 1.74. The second kappa shape index (κ2) is 7.64. The molecular weight excluding hydrogens is 202 g/mol. The van der Waals surface area contributed by atoms with Crippen LogP contribution in [-0.4, -0.2) is 22.9 Å². The molecule has 0 aliphatic carbocycles. The molecule has 0 unspecified atom stereocenters. The van der Waals surface area contributed by atoms with Crippen LogP contribution in [0.1, 0.15) is 19.8 Å². The molecule has 14 heavy (non-hydrogen) atoms. The largest absolute Gasteiger partial charge is 0.489 e. The number of ether oxygens (including phenoxy) is 1. The van der Waals surface area contributed by atoms with Crippen LogP contribution in [0.15, 0.2) is 12.4 Å². The fourth-order valence-corrected chi connectivity index (χ4v) is 1.04. The Kier molecular flexibility index (Phi) is 7.24. The minimum Gasteiger partial charge on any atom is -0.489 e. The maximum absolute atomic E-state index is 5.31. The summed E-state index contributed by atoms with van der Waals surface area (Å²) < 4.78 is 7.21. The van der Waals surface area contributed by atoms with Gasteiger partial charge in [0.25, 0.3) is 0 Å². The van der Waals surface area contributed by atoms with E-state index in [1.54, 1.807) is 6.20 Å². The Morgan fingerprint density at radius 2 is 2.36 bits per heavy atom. The quantitative estimate of drug-likeness (QED) is 0.788. The molecule has 0 atom stereocenters. The maximum atomic E-state index is 5.31. The van der Waals surface area contributed by atoms with Crippen molar-refractivity contribution in [2.24, 2.45) is 5.73 Å². The molecule has 0 saturated carbocycles. The van der Waals surface area contributed by atoms with Gasteiger partial charge in [-0.3, -0.25) is 4.68 Å². The molecule has 0 aliphatic heterocycles. The highest BCUT2D eigenvalue weighted by Crippen LogP contribution is 2.08. The van der Waals surface area contributed by atoms with Crippen molar-refractivity contribution in [2.75, 3.05) is 13.2 Å². The van der Waals surface area contributed by atoms with Crippen LogP contribution < -0.4 is 10.5 Å². The van der Waals surface area contributed by atoms with Crippen molar-refractivity contribution in [3.05, 3.63) is 12.4 Å². The van der Waals surface area contributed by atoms with Crippen molar-refractivity contribution in [1.82, 2.24) is 9.78 Å². The van der Waals surface area contributed by atoms with Crippen LogP contribution in [0.2, 0.25) is 0 Å². The minimum atomic E-state index is 0. The van der Waals surface area contributed by atoms with Crippen LogP contribution in [0.5, 0.6) is 5.75 Å². The van der Waals surface area contributed by atoms with E-state index in [4.69, 9.17) is 10.5 Å². The number of nitrogens with zero attached hydrogens (tertiary/aromatic N) is 2. The first-order chi connectivity index (χ1) is 6.36. The summed E-state index contributed by atoms with van der Waals surface area (Å²) in [6.07, 6.45) is 5.97. The third-order valence-electron chi connectivity index (χ3n) is 1.74. The van der Waals surface area contributed by atoms with Crippen LogP contribution in [0.4, 0.5) is 0 Å². The van der Waals surface area contributed by atoms with Crippen molar-refractivity contribution < 1.29 is 4.74 Å². The number of nitrogens with two attached hydrogens (primary N) is 1. The van der Waals surface area contributed by atoms with E-state index in [1.165, 1.54) is 6.42 Å². The Bertz CT molecular complexity index is 217. The minimum absolute atomic E-state index is 0. The highest BCUT2D eigenvalue weighted by Gasteiger charge is 1.97. The van der Waals surface area contributed by atoms with Gasteiger partial charge in [-0.25, -0.2) is 0 Å². The van der Waals surface area contributed by atoms with Crippen LogP contribution in [0.25, 0.3) is 0 Å². The van der Waals surface area contributed by atoms with Gasteiger partial charge in [0, 0.05) is 13.1 Å². The SMILES string of the molecule is CCCCn1cc(OCCN)cn1.Cl. The molecule has 1 rings (SSSR count). The Hall–Kier alpha value is -0.740. The van der Waals surface area contributed by atoms with Gasteiger partial charge in [-0.2, -0.15) is 5.10 Å². The summed E-state index contributed by atoms with van der Waals surface area (Å²) in [7, 11) is 0. The second-order valence-electron chi connectivity index (χ2n) is 2.93. The Labute approximate surface area is 90.8 Å². The number of hydrogen-bond donors (Lipinski definition) is 1. The van der Waals surface area contributed by atoms with E-state index in [0.717, 1.165) is 18.7 Å². The van der Waals surface area contributed by atoms with E-state index in [9.17, 15) is 0 Å². The number of hydrogen-bond acceptors (Lipinski definition) is 3. The van der Waals surface area contributed by atoms with Gasteiger partial charge in [0.1, 0.15) is 6.61 Å². The molecule has 5 heteroatoms. The molecule has 0 aromatic carbocycles. The van der Waals surface area contributed by atoms with Gasteiger partial charge in [-0.05, 0) is 6.42 Å². The molecule has 0 bridgehead atoms. The van der Waals surface area contributed by atoms with Gasteiger partial charge in [0.05, 0.1) is 12.4 Å². The molecule has 0 amide bonds. The summed E-state index contributed by atoms with van der Waals surface area (Å²) in [4.78, 5) is 0. The first kappa shape index (κ1) is 13.3. The van der Waals surface area contributed by atoms with Crippen LogP contribution in [0, 0.1) is 0 Å². The first-order valence-corrected chi connectivity index (χ1v) is 4.72. The van der Waals surface area contributed by atoms with Crippen molar-refractivity contribution in [3.8, 4) is 5.75 Å². The predicted molar refractivity (Wildman–Crippen MR) is 58.9 cm³/mol. The molecule has 0 saturated heterocycles. The molecule has 1 heterocycles.